The largest absolute Gasteiger partial charge is 0.469 e. The van der Waals surface area contributed by atoms with E-state index < -0.39 is 0 Å². The Bertz CT molecular complexity index is 609. The van der Waals surface area contributed by atoms with Crippen molar-refractivity contribution in [1.29, 1.82) is 0 Å². The Morgan fingerprint density at radius 2 is 2.00 bits per heavy atom. The molecular weight excluding hydrogens is 294 g/mol. The van der Waals surface area contributed by atoms with Crippen LogP contribution in [0, 0.1) is 0 Å². The molecule has 2 aromatic heterocycles. The topological polar surface area (TPSA) is 74.5 Å². The Hall–Kier alpha value is -2.57. The van der Waals surface area contributed by atoms with Crippen LogP contribution in [0.5, 0.6) is 0 Å². The van der Waals surface area contributed by atoms with Gasteiger partial charge in [-0.15, -0.1) is 0 Å². The summed E-state index contributed by atoms with van der Waals surface area (Å²) in [5.74, 6) is 1.60. The lowest BCUT2D eigenvalue weighted by Gasteiger charge is -2.35. The molecule has 3 rings (SSSR count). The van der Waals surface area contributed by atoms with Crippen LogP contribution in [0.15, 0.2) is 41.3 Å². The Morgan fingerprint density at radius 3 is 2.65 bits per heavy atom. The lowest BCUT2D eigenvalue weighted by molar-refractivity contribution is 0.190. The van der Waals surface area contributed by atoms with Gasteiger partial charge in [-0.2, -0.15) is 0 Å². The quantitative estimate of drug-likeness (QED) is 0.926. The zero-order chi connectivity index (χ0) is 16.1. The van der Waals surface area contributed by atoms with Gasteiger partial charge < -0.3 is 19.5 Å². The fourth-order valence-corrected chi connectivity index (χ4v) is 2.65. The van der Waals surface area contributed by atoms with Crippen molar-refractivity contribution >= 4 is 12.0 Å². The number of piperazine rings is 1. The molecule has 0 spiro atoms. The van der Waals surface area contributed by atoms with Gasteiger partial charge in [0.15, 0.2) is 0 Å². The predicted molar refractivity (Wildman–Crippen MR) is 86.2 cm³/mol. The Kier molecular flexibility index (Phi) is 4.75. The van der Waals surface area contributed by atoms with Crippen LogP contribution in [-0.2, 0) is 6.42 Å². The van der Waals surface area contributed by atoms with Gasteiger partial charge in [0.1, 0.15) is 5.76 Å². The number of nitrogens with one attached hydrogen (secondary N) is 1. The zero-order valence-electron chi connectivity index (χ0n) is 13.2. The number of urea groups is 1. The molecule has 0 unspecified atom stereocenters. The van der Waals surface area contributed by atoms with E-state index in [1.54, 1.807) is 24.7 Å². The molecule has 2 aromatic rings. The zero-order valence-corrected chi connectivity index (χ0v) is 13.2. The summed E-state index contributed by atoms with van der Waals surface area (Å²) < 4.78 is 5.31. The summed E-state index contributed by atoms with van der Waals surface area (Å²) in [6.45, 7) is 4.79. The fourth-order valence-electron chi connectivity index (χ4n) is 2.65. The lowest BCUT2D eigenvalue weighted by atomic mass is 10.2. The summed E-state index contributed by atoms with van der Waals surface area (Å²) >= 11 is 0. The van der Waals surface area contributed by atoms with Crippen molar-refractivity contribution in [3.63, 3.8) is 0 Å². The van der Waals surface area contributed by atoms with Gasteiger partial charge in [-0.1, -0.05) is 0 Å². The van der Waals surface area contributed by atoms with E-state index in [1.807, 2.05) is 24.0 Å². The summed E-state index contributed by atoms with van der Waals surface area (Å²) in [5.41, 5.74) is 0. The van der Waals surface area contributed by atoms with Crippen LogP contribution >= 0.6 is 0 Å². The number of aromatic nitrogens is 2. The molecule has 1 aliphatic heterocycles. The second-order valence-electron chi connectivity index (χ2n) is 5.66. The third kappa shape index (κ3) is 4.00. The maximum atomic E-state index is 12.3. The predicted octanol–water partition coefficient (Wildman–Crippen LogP) is 1.53. The first-order valence-electron chi connectivity index (χ1n) is 7.82. The Labute approximate surface area is 135 Å². The molecule has 1 aliphatic rings. The van der Waals surface area contributed by atoms with Gasteiger partial charge in [0.25, 0.3) is 0 Å². The third-order valence-corrected chi connectivity index (χ3v) is 3.86. The van der Waals surface area contributed by atoms with Crippen molar-refractivity contribution in [1.82, 2.24) is 20.2 Å². The van der Waals surface area contributed by atoms with Crippen molar-refractivity contribution in [3.8, 4) is 0 Å². The van der Waals surface area contributed by atoms with E-state index in [4.69, 9.17) is 4.42 Å². The lowest BCUT2D eigenvalue weighted by Crippen LogP contribution is -2.53. The highest BCUT2D eigenvalue weighted by molar-refractivity contribution is 5.74. The normalized spacial score (nSPS) is 16.2. The fraction of sp³-hybridized carbons (Fsp3) is 0.438. The molecule has 1 saturated heterocycles. The van der Waals surface area contributed by atoms with Crippen LogP contribution in [0.2, 0.25) is 0 Å². The van der Waals surface area contributed by atoms with Crippen LogP contribution in [0.4, 0.5) is 10.7 Å². The van der Waals surface area contributed by atoms with E-state index in [0.29, 0.717) is 19.5 Å². The Morgan fingerprint density at radius 1 is 1.26 bits per heavy atom. The van der Waals surface area contributed by atoms with Crippen molar-refractivity contribution in [2.75, 3.05) is 31.1 Å². The van der Waals surface area contributed by atoms with Crippen LogP contribution in [0.3, 0.4) is 0 Å². The highest BCUT2D eigenvalue weighted by atomic mass is 16.3. The molecule has 0 aliphatic carbocycles. The molecule has 1 fully saturated rings. The van der Waals surface area contributed by atoms with Gasteiger partial charge in [0.2, 0.25) is 5.95 Å². The van der Waals surface area contributed by atoms with Crippen molar-refractivity contribution in [2.45, 2.75) is 19.4 Å². The number of carbonyl (C=O) groups is 1. The van der Waals surface area contributed by atoms with Crippen molar-refractivity contribution in [2.24, 2.45) is 0 Å². The molecule has 3 heterocycles. The highest BCUT2D eigenvalue weighted by Crippen LogP contribution is 2.10. The molecule has 0 radical (unpaired) electrons. The number of furan rings is 1. The first-order chi connectivity index (χ1) is 11.2. The average molecular weight is 315 g/mol. The summed E-state index contributed by atoms with van der Waals surface area (Å²) in [6.07, 6.45) is 5.81. The van der Waals surface area contributed by atoms with Crippen molar-refractivity contribution in [3.05, 3.63) is 42.6 Å². The smallest absolute Gasteiger partial charge is 0.317 e. The molecule has 1 atom stereocenters. The number of carbonyl (C=O) groups excluding carboxylic acids is 1. The number of anilines is 1. The molecular formula is C16H21N5O2. The van der Waals surface area contributed by atoms with Gasteiger partial charge >= 0.3 is 6.03 Å². The number of nitrogens with zero attached hydrogens (tertiary/aromatic N) is 4. The summed E-state index contributed by atoms with van der Waals surface area (Å²) in [5, 5.41) is 3.02. The van der Waals surface area contributed by atoms with Crippen LogP contribution < -0.4 is 10.2 Å². The third-order valence-electron chi connectivity index (χ3n) is 3.86. The maximum Gasteiger partial charge on any atom is 0.317 e. The van der Waals surface area contributed by atoms with E-state index in [9.17, 15) is 4.79 Å². The van der Waals surface area contributed by atoms with E-state index in [0.717, 1.165) is 24.8 Å². The van der Waals surface area contributed by atoms with Crippen LogP contribution in [-0.4, -0.2) is 53.1 Å². The SMILES string of the molecule is C[C@@H](Cc1ccco1)NC(=O)N1CCN(c2ncccn2)CC1. The molecule has 7 nitrogen and oxygen atoms in total. The minimum absolute atomic E-state index is 0.0299. The minimum atomic E-state index is -0.0299. The van der Waals surface area contributed by atoms with E-state index in [2.05, 4.69) is 20.2 Å². The minimum Gasteiger partial charge on any atom is -0.469 e. The second kappa shape index (κ2) is 7.13. The van der Waals surface area contributed by atoms with Gasteiger partial charge in [-0.3, -0.25) is 0 Å². The molecule has 23 heavy (non-hydrogen) atoms. The van der Waals surface area contributed by atoms with E-state index >= 15 is 0 Å². The molecule has 0 bridgehead atoms. The molecule has 1 N–H and O–H groups in total. The van der Waals surface area contributed by atoms with Gasteiger partial charge in [0, 0.05) is 51.0 Å². The first kappa shape index (κ1) is 15.3. The van der Waals surface area contributed by atoms with E-state index in [-0.39, 0.29) is 12.1 Å². The van der Waals surface area contributed by atoms with Gasteiger partial charge in [0.05, 0.1) is 6.26 Å². The standard InChI is InChI=1S/C16H21N5O2/c1-13(12-14-4-2-11-23-14)19-16(22)21-9-7-20(8-10-21)15-17-5-3-6-18-15/h2-6,11,13H,7-10,12H2,1H3,(H,19,22)/t13-/m0/s1. The second-order valence-corrected chi connectivity index (χ2v) is 5.66. The molecule has 0 saturated carbocycles. The number of rotatable bonds is 4. The van der Waals surface area contributed by atoms with E-state index in [1.165, 1.54) is 0 Å². The van der Waals surface area contributed by atoms with Crippen molar-refractivity contribution < 1.29 is 9.21 Å². The molecule has 0 aromatic carbocycles. The maximum absolute atomic E-state index is 12.3. The summed E-state index contributed by atoms with van der Waals surface area (Å²) in [6, 6.07) is 5.57. The number of hydrogen-bond donors (Lipinski definition) is 1. The Balaban J connectivity index is 1.46. The first-order valence-corrected chi connectivity index (χ1v) is 7.82. The number of hydrogen-bond acceptors (Lipinski definition) is 5. The summed E-state index contributed by atoms with van der Waals surface area (Å²) in [4.78, 5) is 24.7. The van der Waals surface area contributed by atoms with Crippen LogP contribution in [0.25, 0.3) is 0 Å². The molecule has 2 amide bonds. The monoisotopic (exact) mass is 315 g/mol. The highest BCUT2D eigenvalue weighted by Gasteiger charge is 2.23. The van der Waals surface area contributed by atoms with Crippen LogP contribution in [0.1, 0.15) is 12.7 Å². The van der Waals surface area contributed by atoms with Gasteiger partial charge in [-0.25, -0.2) is 14.8 Å². The van der Waals surface area contributed by atoms with Gasteiger partial charge in [-0.05, 0) is 25.1 Å². The molecule has 7 heteroatoms. The molecule has 122 valence electrons. The number of amides is 2. The average Bonchev–Trinajstić information content (AvgIpc) is 3.08. The summed E-state index contributed by atoms with van der Waals surface area (Å²) in [7, 11) is 0.